The zero-order valence-corrected chi connectivity index (χ0v) is 10.5. The fraction of sp³-hybridized carbons (Fsp3) is 0.917. The minimum absolute atomic E-state index is 0.0106. The maximum absolute atomic E-state index is 11.6. The second kappa shape index (κ2) is 6.86. The molecule has 1 saturated heterocycles. The van der Waals surface area contributed by atoms with Gasteiger partial charge in [-0.25, -0.2) is 0 Å². The SMILES string of the molecule is CCCN1CCC(NC(=O)[C@H](N)CC)CC1. The molecule has 1 aliphatic rings. The molecule has 0 saturated carbocycles. The molecule has 0 aromatic rings. The molecular formula is C12H25N3O. The molecule has 0 unspecified atom stereocenters. The van der Waals surface area contributed by atoms with E-state index < -0.39 is 0 Å². The van der Waals surface area contributed by atoms with Gasteiger partial charge in [0.25, 0.3) is 0 Å². The van der Waals surface area contributed by atoms with Gasteiger partial charge in [-0.1, -0.05) is 13.8 Å². The summed E-state index contributed by atoms with van der Waals surface area (Å²) in [4.78, 5) is 14.1. The molecule has 1 aliphatic heterocycles. The Morgan fingerprint density at radius 3 is 2.56 bits per heavy atom. The van der Waals surface area contributed by atoms with Crippen LogP contribution in [-0.2, 0) is 4.79 Å². The van der Waals surface area contributed by atoms with Crippen molar-refractivity contribution >= 4 is 5.91 Å². The third-order valence-corrected chi connectivity index (χ3v) is 3.25. The molecule has 0 aromatic heterocycles. The first-order chi connectivity index (χ1) is 7.67. The Labute approximate surface area is 98.6 Å². The molecule has 1 heterocycles. The van der Waals surface area contributed by atoms with Crippen LogP contribution in [0.5, 0.6) is 0 Å². The lowest BCUT2D eigenvalue weighted by Crippen LogP contribution is -2.49. The van der Waals surface area contributed by atoms with Gasteiger partial charge in [-0.3, -0.25) is 4.79 Å². The van der Waals surface area contributed by atoms with Gasteiger partial charge in [-0.2, -0.15) is 0 Å². The maximum atomic E-state index is 11.6. The van der Waals surface area contributed by atoms with Crippen molar-refractivity contribution in [3.63, 3.8) is 0 Å². The highest BCUT2D eigenvalue weighted by Crippen LogP contribution is 2.10. The predicted molar refractivity (Wildman–Crippen MR) is 66.2 cm³/mol. The second-order valence-corrected chi connectivity index (χ2v) is 4.64. The van der Waals surface area contributed by atoms with Gasteiger partial charge in [0.15, 0.2) is 0 Å². The number of piperidine rings is 1. The van der Waals surface area contributed by atoms with Crippen LogP contribution in [-0.4, -0.2) is 42.5 Å². The number of hydrogen-bond acceptors (Lipinski definition) is 3. The quantitative estimate of drug-likeness (QED) is 0.727. The number of amides is 1. The van der Waals surface area contributed by atoms with Crippen LogP contribution in [0, 0.1) is 0 Å². The van der Waals surface area contributed by atoms with Crippen LogP contribution >= 0.6 is 0 Å². The molecular weight excluding hydrogens is 202 g/mol. The monoisotopic (exact) mass is 227 g/mol. The third kappa shape index (κ3) is 4.10. The van der Waals surface area contributed by atoms with E-state index in [-0.39, 0.29) is 11.9 Å². The molecule has 3 N–H and O–H groups in total. The highest BCUT2D eigenvalue weighted by Gasteiger charge is 2.21. The van der Waals surface area contributed by atoms with Gasteiger partial charge in [0.1, 0.15) is 0 Å². The molecule has 4 heteroatoms. The third-order valence-electron chi connectivity index (χ3n) is 3.25. The van der Waals surface area contributed by atoms with Crippen LogP contribution < -0.4 is 11.1 Å². The first kappa shape index (κ1) is 13.5. The lowest BCUT2D eigenvalue weighted by atomic mass is 10.0. The van der Waals surface area contributed by atoms with Crippen molar-refractivity contribution in [1.82, 2.24) is 10.2 Å². The number of hydrogen-bond donors (Lipinski definition) is 2. The zero-order valence-electron chi connectivity index (χ0n) is 10.5. The minimum Gasteiger partial charge on any atom is -0.352 e. The zero-order chi connectivity index (χ0) is 12.0. The van der Waals surface area contributed by atoms with Crippen molar-refractivity contribution in [1.29, 1.82) is 0 Å². The van der Waals surface area contributed by atoms with E-state index >= 15 is 0 Å². The summed E-state index contributed by atoms with van der Waals surface area (Å²) in [6.45, 7) is 7.51. The van der Waals surface area contributed by atoms with E-state index in [0.717, 1.165) is 25.9 Å². The summed E-state index contributed by atoms with van der Waals surface area (Å²) in [6, 6.07) is -0.00752. The largest absolute Gasteiger partial charge is 0.352 e. The fourth-order valence-electron chi connectivity index (χ4n) is 2.11. The number of nitrogens with zero attached hydrogens (tertiary/aromatic N) is 1. The van der Waals surface area contributed by atoms with E-state index in [1.807, 2.05) is 6.92 Å². The standard InChI is InChI=1S/C12H25N3O/c1-3-7-15-8-5-10(6-9-15)14-12(16)11(13)4-2/h10-11H,3-9,13H2,1-2H3,(H,14,16)/t11-/m1/s1. The van der Waals surface area contributed by atoms with Crippen molar-refractivity contribution in [2.75, 3.05) is 19.6 Å². The van der Waals surface area contributed by atoms with Gasteiger partial charge >= 0.3 is 0 Å². The number of carbonyl (C=O) groups excluding carboxylic acids is 1. The minimum atomic E-state index is -0.339. The lowest BCUT2D eigenvalue weighted by molar-refractivity contribution is -0.123. The van der Waals surface area contributed by atoms with Crippen LogP contribution in [0.15, 0.2) is 0 Å². The van der Waals surface area contributed by atoms with Gasteiger partial charge in [0.05, 0.1) is 6.04 Å². The van der Waals surface area contributed by atoms with Gasteiger partial charge in [0.2, 0.25) is 5.91 Å². The Bertz CT molecular complexity index is 212. The summed E-state index contributed by atoms with van der Waals surface area (Å²) in [5.41, 5.74) is 5.69. The summed E-state index contributed by atoms with van der Waals surface area (Å²) >= 11 is 0. The smallest absolute Gasteiger partial charge is 0.237 e. The lowest BCUT2D eigenvalue weighted by Gasteiger charge is -2.32. The molecule has 4 nitrogen and oxygen atoms in total. The van der Waals surface area contributed by atoms with E-state index in [0.29, 0.717) is 12.5 Å². The van der Waals surface area contributed by atoms with Crippen LogP contribution in [0.1, 0.15) is 39.5 Å². The fourth-order valence-corrected chi connectivity index (χ4v) is 2.11. The van der Waals surface area contributed by atoms with Gasteiger partial charge < -0.3 is 16.0 Å². The van der Waals surface area contributed by atoms with Crippen LogP contribution in [0.4, 0.5) is 0 Å². The van der Waals surface area contributed by atoms with Crippen molar-refractivity contribution in [3.05, 3.63) is 0 Å². The van der Waals surface area contributed by atoms with Crippen LogP contribution in [0.2, 0.25) is 0 Å². The summed E-state index contributed by atoms with van der Waals surface area (Å²) in [5.74, 6) is 0.0106. The number of likely N-dealkylation sites (tertiary alicyclic amines) is 1. The first-order valence-corrected chi connectivity index (χ1v) is 6.45. The Morgan fingerprint density at radius 1 is 1.44 bits per heavy atom. The highest BCUT2D eigenvalue weighted by molar-refractivity contribution is 5.81. The normalized spacial score (nSPS) is 20.7. The molecule has 16 heavy (non-hydrogen) atoms. The second-order valence-electron chi connectivity index (χ2n) is 4.64. The van der Waals surface area contributed by atoms with E-state index in [2.05, 4.69) is 17.1 Å². The number of carbonyl (C=O) groups is 1. The van der Waals surface area contributed by atoms with E-state index in [1.165, 1.54) is 13.0 Å². The number of rotatable bonds is 5. The highest BCUT2D eigenvalue weighted by atomic mass is 16.2. The number of nitrogens with one attached hydrogen (secondary N) is 1. The molecule has 1 fully saturated rings. The summed E-state index contributed by atoms with van der Waals surface area (Å²) in [6.07, 6.45) is 4.03. The average molecular weight is 227 g/mol. The molecule has 0 radical (unpaired) electrons. The molecule has 0 aliphatic carbocycles. The molecule has 1 rings (SSSR count). The molecule has 1 amide bonds. The van der Waals surface area contributed by atoms with Crippen molar-refractivity contribution in [2.45, 2.75) is 51.6 Å². The molecule has 1 atom stereocenters. The van der Waals surface area contributed by atoms with E-state index in [1.54, 1.807) is 0 Å². The van der Waals surface area contributed by atoms with Crippen molar-refractivity contribution in [2.24, 2.45) is 5.73 Å². The molecule has 0 bridgehead atoms. The molecule has 0 aromatic carbocycles. The van der Waals surface area contributed by atoms with Crippen molar-refractivity contribution < 1.29 is 4.79 Å². The average Bonchev–Trinajstić information content (AvgIpc) is 2.31. The summed E-state index contributed by atoms with van der Waals surface area (Å²) in [5, 5.41) is 3.04. The number of nitrogens with two attached hydrogens (primary N) is 1. The Hall–Kier alpha value is -0.610. The first-order valence-electron chi connectivity index (χ1n) is 6.45. The van der Waals surface area contributed by atoms with Gasteiger partial charge in [-0.05, 0) is 32.2 Å². The topological polar surface area (TPSA) is 58.4 Å². The van der Waals surface area contributed by atoms with Crippen molar-refractivity contribution in [3.8, 4) is 0 Å². The van der Waals surface area contributed by atoms with Crippen LogP contribution in [0.25, 0.3) is 0 Å². The maximum Gasteiger partial charge on any atom is 0.237 e. The summed E-state index contributed by atoms with van der Waals surface area (Å²) < 4.78 is 0. The Kier molecular flexibility index (Phi) is 5.77. The predicted octanol–water partition coefficient (Wildman–Crippen LogP) is 0.714. The van der Waals surface area contributed by atoms with E-state index in [9.17, 15) is 4.79 Å². The summed E-state index contributed by atoms with van der Waals surface area (Å²) in [7, 11) is 0. The Morgan fingerprint density at radius 2 is 2.06 bits per heavy atom. The van der Waals surface area contributed by atoms with Gasteiger partial charge in [-0.15, -0.1) is 0 Å². The Balaban J connectivity index is 2.24. The van der Waals surface area contributed by atoms with Crippen LogP contribution in [0.3, 0.4) is 0 Å². The molecule has 0 spiro atoms. The molecule has 94 valence electrons. The van der Waals surface area contributed by atoms with Gasteiger partial charge in [0, 0.05) is 19.1 Å². The van der Waals surface area contributed by atoms with E-state index in [4.69, 9.17) is 5.73 Å².